The molecule has 1 fully saturated rings. The summed E-state index contributed by atoms with van der Waals surface area (Å²) >= 11 is 0. The first-order valence-corrected chi connectivity index (χ1v) is 4.24. The van der Waals surface area contributed by atoms with Gasteiger partial charge in [0.25, 0.3) is 0 Å². The van der Waals surface area contributed by atoms with Gasteiger partial charge in [-0.1, -0.05) is 0 Å². The highest BCUT2D eigenvalue weighted by Gasteiger charge is 2.13. The van der Waals surface area contributed by atoms with Crippen LogP contribution in [0.5, 0.6) is 0 Å². The second kappa shape index (κ2) is 4.34. The molecule has 1 aliphatic rings. The summed E-state index contributed by atoms with van der Waals surface area (Å²) in [6, 6.07) is 0. The Morgan fingerprint density at radius 3 is 2.64 bits per heavy atom. The highest BCUT2D eigenvalue weighted by molar-refractivity contribution is 5.80. The van der Waals surface area contributed by atoms with Crippen LogP contribution in [0, 0.1) is 5.41 Å². The largest absolute Gasteiger partial charge is 0.374 e. The van der Waals surface area contributed by atoms with Crippen LogP contribution in [0.4, 0.5) is 0 Å². The van der Waals surface area contributed by atoms with Gasteiger partial charge in [0.05, 0.1) is 0 Å². The fourth-order valence-corrected chi connectivity index (χ4v) is 1.28. The Kier molecular flexibility index (Phi) is 3.36. The monoisotopic (exact) mass is 156 g/mol. The molecule has 0 aromatic heterocycles. The van der Waals surface area contributed by atoms with Crippen LogP contribution in [0.1, 0.15) is 19.8 Å². The van der Waals surface area contributed by atoms with Gasteiger partial charge in [-0.25, -0.2) is 0 Å². The van der Waals surface area contributed by atoms with E-state index in [1.165, 1.54) is 12.8 Å². The van der Waals surface area contributed by atoms with Crippen molar-refractivity contribution in [2.45, 2.75) is 19.8 Å². The highest BCUT2D eigenvalue weighted by atomic mass is 16.5. The van der Waals surface area contributed by atoms with Crippen molar-refractivity contribution in [3.05, 3.63) is 0 Å². The lowest BCUT2D eigenvalue weighted by molar-refractivity contribution is 0.178. The van der Waals surface area contributed by atoms with Gasteiger partial charge in [-0.05, 0) is 19.8 Å². The number of likely N-dealkylation sites (tertiary alicyclic amines) is 1. The standard InChI is InChI=1S/C8H16N2O/c1-2-11-7-8(9)10-5-3-4-6-10/h9H,2-7H2,1H3. The Hall–Kier alpha value is -0.570. The maximum absolute atomic E-state index is 7.59. The van der Waals surface area contributed by atoms with Crippen LogP contribution in [0.3, 0.4) is 0 Å². The van der Waals surface area contributed by atoms with Crippen LogP contribution in [-0.2, 0) is 4.74 Å². The molecule has 1 N–H and O–H groups in total. The minimum atomic E-state index is 0.483. The van der Waals surface area contributed by atoms with Crippen molar-refractivity contribution in [3.63, 3.8) is 0 Å². The summed E-state index contributed by atoms with van der Waals surface area (Å²) in [5.74, 6) is 0.643. The number of rotatable bonds is 3. The molecule has 0 spiro atoms. The third-order valence-electron chi connectivity index (χ3n) is 1.93. The van der Waals surface area contributed by atoms with Crippen molar-refractivity contribution in [1.29, 1.82) is 5.41 Å². The average Bonchev–Trinajstić information content (AvgIpc) is 2.52. The number of hydrogen-bond donors (Lipinski definition) is 1. The Bertz CT molecular complexity index is 130. The smallest absolute Gasteiger partial charge is 0.122 e. The molecule has 3 heteroatoms. The topological polar surface area (TPSA) is 36.3 Å². The first-order valence-electron chi connectivity index (χ1n) is 4.24. The molecule has 1 aliphatic heterocycles. The first kappa shape index (κ1) is 8.53. The zero-order valence-corrected chi connectivity index (χ0v) is 7.10. The van der Waals surface area contributed by atoms with E-state index in [1.807, 2.05) is 6.92 Å². The van der Waals surface area contributed by atoms with E-state index >= 15 is 0 Å². The van der Waals surface area contributed by atoms with Crippen molar-refractivity contribution >= 4 is 5.84 Å². The summed E-state index contributed by atoms with van der Waals surface area (Å²) in [6.07, 6.45) is 2.46. The molecule has 1 rings (SSSR count). The number of nitrogens with one attached hydrogen (secondary N) is 1. The lowest BCUT2D eigenvalue weighted by Crippen LogP contribution is -2.30. The van der Waals surface area contributed by atoms with Crippen LogP contribution in [0.15, 0.2) is 0 Å². The van der Waals surface area contributed by atoms with E-state index in [4.69, 9.17) is 10.1 Å². The highest BCUT2D eigenvalue weighted by Crippen LogP contribution is 2.07. The van der Waals surface area contributed by atoms with Gasteiger partial charge in [-0.2, -0.15) is 0 Å². The molecule has 11 heavy (non-hydrogen) atoms. The molecule has 0 aliphatic carbocycles. The Morgan fingerprint density at radius 1 is 1.45 bits per heavy atom. The van der Waals surface area contributed by atoms with E-state index in [0.717, 1.165) is 13.1 Å². The minimum absolute atomic E-state index is 0.483. The molecule has 0 saturated carbocycles. The lowest BCUT2D eigenvalue weighted by Gasteiger charge is -2.17. The quantitative estimate of drug-likeness (QED) is 0.490. The number of hydrogen-bond acceptors (Lipinski definition) is 2. The van der Waals surface area contributed by atoms with E-state index < -0.39 is 0 Å². The second-order valence-electron chi connectivity index (χ2n) is 2.78. The van der Waals surface area contributed by atoms with E-state index in [1.54, 1.807) is 0 Å². The van der Waals surface area contributed by atoms with Crippen molar-refractivity contribution in [2.24, 2.45) is 0 Å². The van der Waals surface area contributed by atoms with Crippen molar-refractivity contribution in [3.8, 4) is 0 Å². The molecule has 3 nitrogen and oxygen atoms in total. The van der Waals surface area contributed by atoms with Gasteiger partial charge in [-0.15, -0.1) is 0 Å². The summed E-state index contributed by atoms with van der Waals surface area (Å²) in [5, 5.41) is 7.59. The zero-order chi connectivity index (χ0) is 8.10. The Morgan fingerprint density at radius 2 is 2.09 bits per heavy atom. The predicted molar refractivity (Wildman–Crippen MR) is 45.0 cm³/mol. The Labute approximate surface area is 67.8 Å². The number of ether oxygens (including phenoxy) is 1. The maximum atomic E-state index is 7.59. The van der Waals surface area contributed by atoms with Crippen LogP contribution in [-0.4, -0.2) is 37.0 Å². The molecule has 0 bridgehead atoms. The predicted octanol–water partition coefficient (Wildman–Crippen LogP) is 1.10. The van der Waals surface area contributed by atoms with Gasteiger partial charge < -0.3 is 9.64 Å². The Balaban J connectivity index is 2.17. The summed E-state index contributed by atoms with van der Waals surface area (Å²) in [4.78, 5) is 2.09. The molecule has 0 unspecified atom stereocenters. The van der Waals surface area contributed by atoms with Gasteiger partial charge in [0, 0.05) is 19.7 Å². The molecule has 0 atom stereocenters. The molecule has 0 aromatic carbocycles. The second-order valence-corrected chi connectivity index (χ2v) is 2.78. The van der Waals surface area contributed by atoms with Gasteiger partial charge >= 0.3 is 0 Å². The van der Waals surface area contributed by atoms with E-state index in [0.29, 0.717) is 19.0 Å². The van der Waals surface area contributed by atoms with Crippen molar-refractivity contribution in [1.82, 2.24) is 4.90 Å². The van der Waals surface area contributed by atoms with Gasteiger partial charge in [-0.3, -0.25) is 5.41 Å². The average molecular weight is 156 g/mol. The third kappa shape index (κ3) is 2.50. The summed E-state index contributed by atoms with van der Waals surface area (Å²) < 4.78 is 5.14. The molecule has 0 aromatic rings. The summed E-state index contributed by atoms with van der Waals surface area (Å²) in [7, 11) is 0. The number of nitrogens with zero attached hydrogens (tertiary/aromatic N) is 1. The van der Waals surface area contributed by atoms with Crippen molar-refractivity contribution < 1.29 is 4.74 Å². The fraction of sp³-hybridized carbons (Fsp3) is 0.875. The third-order valence-corrected chi connectivity index (χ3v) is 1.93. The van der Waals surface area contributed by atoms with Gasteiger partial charge in [0.15, 0.2) is 0 Å². The number of amidine groups is 1. The molecule has 1 heterocycles. The van der Waals surface area contributed by atoms with Crippen molar-refractivity contribution in [2.75, 3.05) is 26.3 Å². The zero-order valence-electron chi connectivity index (χ0n) is 7.10. The molecule has 64 valence electrons. The molecule has 0 radical (unpaired) electrons. The van der Waals surface area contributed by atoms with E-state index in [2.05, 4.69) is 4.90 Å². The van der Waals surface area contributed by atoms with E-state index in [9.17, 15) is 0 Å². The molecule has 0 amide bonds. The first-order chi connectivity index (χ1) is 5.34. The van der Waals surface area contributed by atoms with Crippen LogP contribution < -0.4 is 0 Å². The maximum Gasteiger partial charge on any atom is 0.122 e. The molecule has 1 saturated heterocycles. The lowest BCUT2D eigenvalue weighted by atomic mass is 10.4. The van der Waals surface area contributed by atoms with Crippen LogP contribution in [0.25, 0.3) is 0 Å². The molecular formula is C8H16N2O. The molecular weight excluding hydrogens is 140 g/mol. The summed E-state index contributed by atoms with van der Waals surface area (Å²) in [5.41, 5.74) is 0. The van der Waals surface area contributed by atoms with Crippen LogP contribution >= 0.6 is 0 Å². The van der Waals surface area contributed by atoms with Crippen LogP contribution in [0.2, 0.25) is 0 Å². The van der Waals surface area contributed by atoms with Gasteiger partial charge in [0.1, 0.15) is 12.4 Å². The minimum Gasteiger partial charge on any atom is -0.374 e. The SMILES string of the molecule is CCOCC(=N)N1CCCC1. The normalized spacial score (nSPS) is 17.4. The van der Waals surface area contributed by atoms with E-state index in [-0.39, 0.29) is 0 Å². The van der Waals surface area contributed by atoms with Gasteiger partial charge in [0.2, 0.25) is 0 Å². The fourth-order valence-electron chi connectivity index (χ4n) is 1.28. The summed E-state index contributed by atoms with van der Waals surface area (Å²) in [6.45, 7) is 5.24.